The Kier molecular flexibility index (Phi) is 3.66. The highest BCUT2D eigenvalue weighted by Gasteiger charge is 2.09. The smallest absolute Gasteiger partial charge is 0.170 e. The topological polar surface area (TPSA) is 63.5 Å². The minimum absolute atomic E-state index is 0.141. The average Bonchev–Trinajstić information content (AvgIpc) is 3.14. The van der Waals surface area contributed by atoms with Gasteiger partial charge in [0.1, 0.15) is 0 Å². The van der Waals surface area contributed by atoms with Gasteiger partial charge >= 0.3 is 0 Å². The Morgan fingerprint density at radius 2 is 2.05 bits per heavy atom. The van der Waals surface area contributed by atoms with Gasteiger partial charge in [-0.3, -0.25) is 0 Å². The second-order valence-electron chi connectivity index (χ2n) is 4.89. The Morgan fingerprint density at radius 1 is 1.24 bits per heavy atom. The van der Waals surface area contributed by atoms with E-state index in [0.29, 0.717) is 0 Å². The van der Waals surface area contributed by atoms with Crippen molar-refractivity contribution in [3.63, 3.8) is 0 Å². The molecule has 0 aliphatic carbocycles. The lowest BCUT2D eigenvalue weighted by molar-refractivity contribution is 0.318. The molecule has 1 aromatic carbocycles. The van der Waals surface area contributed by atoms with Crippen molar-refractivity contribution < 1.29 is 5.21 Å². The zero-order chi connectivity index (χ0) is 14.8. The molecular weight excluding hydrogens is 282 g/mol. The summed E-state index contributed by atoms with van der Waals surface area (Å²) in [5.74, 6) is 0.141. The highest BCUT2D eigenvalue weighted by atomic mass is 32.1. The molecule has 108 valence electrons. The molecule has 4 nitrogen and oxygen atoms in total. The molecule has 3 N–H and O–H groups in total. The number of hydrogen-bond donors (Lipinski definition) is 2. The molecule has 21 heavy (non-hydrogen) atoms. The minimum Gasteiger partial charge on any atom is -0.409 e. The number of nitrogens with two attached hydrogens (primary N) is 1. The first kappa shape index (κ1) is 13.7. The lowest BCUT2D eigenvalue weighted by Crippen LogP contribution is -2.13. The number of amidine groups is 1. The molecule has 0 aliphatic heterocycles. The molecule has 0 amide bonds. The fourth-order valence-corrected chi connectivity index (χ4v) is 3.46. The summed E-state index contributed by atoms with van der Waals surface area (Å²) in [6.07, 6.45) is 3.12. The van der Waals surface area contributed by atoms with Crippen LogP contribution in [0.1, 0.15) is 22.2 Å². The van der Waals surface area contributed by atoms with Crippen LogP contribution in [0.25, 0.3) is 10.9 Å². The Bertz CT molecular complexity index is 801. The summed E-state index contributed by atoms with van der Waals surface area (Å²) in [6, 6.07) is 12.2. The largest absolute Gasteiger partial charge is 0.409 e. The van der Waals surface area contributed by atoms with Gasteiger partial charge in [-0.2, -0.15) is 0 Å². The van der Waals surface area contributed by atoms with Crippen molar-refractivity contribution in [2.45, 2.75) is 19.9 Å². The summed E-state index contributed by atoms with van der Waals surface area (Å²) in [5.41, 5.74) is 7.58. The van der Waals surface area contributed by atoms with Crippen LogP contribution < -0.4 is 5.73 Å². The van der Waals surface area contributed by atoms with Crippen molar-refractivity contribution in [1.29, 1.82) is 0 Å². The maximum absolute atomic E-state index is 8.88. The Hall–Kier alpha value is -2.27. The monoisotopic (exact) mass is 299 g/mol. The van der Waals surface area contributed by atoms with Crippen LogP contribution in [0.5, 0.6) is 0 Å². The van der Waals surface area contributed by atoms with Crippen molar-refractivity contribution in [3.8, 4) is 0 Å². The maximum Gasteiger partial charge on any atom is 0.170 e. The number of fused-ring (bicyclic) bond motifs is 1. The van der Waals surface area contributed by atoms with E-state index in [1.807, 2.05) is 35.7 Å². The number of aryl methyl sites for hydroxylation is 1. The van der Waals surface area contributed by atoms with Crippen LogP contribution in [0.4, 0.5) is 0 Å². The molecule has 0 bridgehead atoms. The van der Waals surface area contributed by atoms with Gasteiger partial charge in [-0.25, -0.2) is 0 Å². The van der Waals surface area contributed by atoms with Crippen molar-refractivity contribution in [2.24, 2.45) is 10.9 Å². The van der Waals surface area contributed by atoms with E-state index in [4.69, 9.17) is 10.9 Å². The van der Waals surface area contributed by atoms with Crippen LogP contribution in [0.3, 0.4) is 0 Å². The van der Waals surface area contributed by atoms with Gasteiger partial charge in [0.25, 0.3) is 0 Å². The number of nitrogens with zero attached hydrogens (tertiary/aromatic N) is 2. The van der Waals surface area contributed by atoms with Gasteiger partial charge in [0.2, 0.25) is 0 Å². The number of hydrogen-bond acceptors (Lipinski definition) is 3. The van der Waals surface area contributed by atoms with E-state index in [0.717, 1.165) is 29.4 Å². The van der Waals surface area contributed by atoms with Crippen molar-refractivity contribution in [2.75, 3.05) is 0 Å². The van der Waals surface area contributed by atoms with Gasteiger partial charge in [-0.05, 0) is 30.7 Å². The fourth-order valence-electron chi connectivity index (χ4n) is 2.50. The first-order valence-electron chi connectivity index (χ1n) is 6.86. The fraction of sp³-hybridized carbons (Fsp3) is 0.188. The SMILES string of the molecule is CCc1ccc(Cn2ccc3c(/C(N)=N/O)cccc32)s1. The third kappa shape index (κ3) is 2.52. The Labute approximate surface area is 127 Å². The van der Waals surface area contributed by atoms with E-state index in [1.54, 1.807) is 0 Å². The van der Waals surface area contributed by atoms with Crippen LogP contribution >= 0.6 is 11.3 Å². The number of oxime groups is 1. The molecular formula is C16H17N3OS. The molecule has 3 aromatic rings. The highest BCUT2D eigenvalue weighted by Crippen LogP contribution is 2.24. The molecule has 0 fully saturated rings. The number of thiophene rings is 1. The Balaban J connectivity index is 2.00. The standard InChI is InChI=1S/C16H17N3OS/c1-2-11-6-7-12(21-11)10-19-9-8-13-14(16(17)18-20)4-3-5-15(13)19/h3-9,20H,2,10H2,1H3,(H2,17,18). The van der Waals surface area contributed by atoms with Crippen molar-refractivity contribution in [1.82, 2.24) is 4.57 Å². The molecule has 0 saturated carbocycles. The molecule has 3 rings (SSSR count). The van der Waals surface area contributed by atoms with E-state index in [-0.39, 0.29) is 5.84 Å². The lowest BCUT2D eigenvalue weighted by Gasteiger charge is -2.05. The zero-order valence-corrected chi connectivity index (χ0v) is 12.6. The van der Waals surface area contributed by atoms with Crippen LogP contribution in [-0.2, 0) is 13.0 Å². The first-order valence-corrected chi connectivity index (χ1v) is 7.68. The minimum atomic E-state index is 0.141. The van der Waals surface area contributed by atoms with Crippen LogP contribution in [0.2, 0.25) is 0 Å². The maximum atomic E-state index is 8.88. The number of aromatic nitrogens is 1. The summed E-state index contributed by atoms with van der Waals surface area (Å²) in [6.45, 7) is 3.01. The highest BCUT2D eigenvalue weighted by molar-refractivity contribution is 7.11. The van der Waals surface area contributed by atoms with Crippen molar-refractivity contribution in [3.05, 3.63) is 57.9 Å². The van der Waals surface area contributed by atoms with E-state index >= 15 is 0 Å². The van der Waals surface area contributed by atoms with E-state index < -0.39 is 0 Å². The van der Waals surface area contributed by atoms with Gasteiger partial charge in [-0.1, -0.05) is 24.2 Å². The molecule has 0 saturated heterocycles. The number of benzene rings is 1. The quantitative estimate of drug-likeness (QED) is 0.335. The predicted octanol–water partition coefficient (Wildman–Crippen LogP) is 3.41. The Morgan fingerprint density at radius 3 is 2.76 bits per heavy atom. The molecule has 2 aromatic heterocycles. The third-order valence-corrected chi connectivity index (χ3v) is 4.80. The summed E-state index contributed by atoms with van der Waals surface area (Å²) in [4.78, 5) is 2.73. The normalized spacial score (nSPS) is 12.1. The summed E-state index contributed by atoms with van der Waals surface area (Å²) >= 11 is 1.85. The molecule has 0 spiro atoms. The lowest BCUT2D eigenvalue weighted by atomic mass is 10.1. The summed E-state index contributed by atoms with van der Waals surface area (Å²) in [7, 11) is 0. The molecule has 5 heteroatoms. The molecule has 0 radical (unpaired) electrons. The van der Waals surface area contributed by atoms with E-state index in [9.17, 15) is 0 Å². The van der Waals surface area contributed by atoms with Gasteiger partial charge in [0.05, 0.1) is 6.54 Å². The van der Waals surface area contributed by atoms with E-state index in [2.05, 4.69) is 34.8 Å². The second kappa shape index (κ2) is 5.61. The second-order valence-corrected chi connectivity index (χ2v) is 6.14. The van der Waals surface area contributed by atoms with Gasteiger partial charge < -0.3 is 15.5 Å². The molecule has 0 aliphatic rings. The van der Waals surface area contributed by atoms with Gasteiger partial charge in [0.15, 0.2) is 5.84 Å². The molecule has 0 atom stereocenters. The van der Waals surface area contributed by atoms with Crippen LogP contribution in [0, 0.1) is 0 Å². The van der Waals surface area contributed by atoms with Gasteiger partial charge in [-0.15, -0.1) is 11.3 Å². The average molecular weight is 299 g/mol. The van der Waals surface area contributed by atoms with E-state index in [1.165, 1.54) is 9.75 Å². The molecule has 0 unspecified atom stereocenters. The van der Waals surface area contributed by atoms with Crippen molar-refractivity contribution >= 4 is 28.1 Å². The third-order valence-electron chi connectivity index (χ3n) is 3.59. The number of rotatable bonds is 4. The first-order chi connectivity index (χ1) is 10.2. The molecule has 2 heterocycles. The van der Waals surface area contributed by atoms with Crippen LogP contribution in [-0.4, -0.2) is 15.6 Å². The van der Waals surface area contributed by atoms with Gasteiger partial charge in [0, 0.05) is 32.4 Å². The zero-order valence-electron chi connectivity index (χ0n) is 11.8. The van der Waals surface area contributed by atoms with Crippen LogP contribution in [0.15, 0.2) is 47.8 Å². The summed E-state index contributed by atoms with van der Waals surface area (Å²) < 4.78 is 2.19. The predicted molar refractivity (Wildman–Crippen MR) is 87.2 cm³/mol. The summed E-state index contributed by atoms with van der Waals surface area (Å²) in [5, 5.41) is 13.0.